The molecule has 5 nitrogen and oxygen atoms in total. The van der Waals surface area contributed by atoms with Crippen molar-refractivity contribution in [3.8, 4) is 0 Å². The number of ether oxygens (including phenoxy) is 1. The van der Waals surface area contributed by atoms with Crippen molar-refractivity contribution in [3.05, 3.63) is 35.0 Å². The number of aryl methyl sites for hydroxylation is 2. The van der Waals surface area contributed by atoms with Crippen molar-refractivity contribution >= 4 is 16.8 Å². The molecule has 1 aromatic heterocycles. The fourth-order valence-corrected chi connectivity index (χ4v) is 3.59. The highest BCUT2D eigenvalue weighted by molar-refractivity contribution is 5.91. The van der Waals surface area contributed by atoms with Crippen LogP contribution in [0.3, 0.4) is 0 Å². The number of morpholine rings is 1. The normalized spacial score (nSPS) is 16.9. The maximum atomic E-state index is 12.6. The molecular weight excluding hydrogens is 314 g/mol. The average molecular weight is 343 g/mol. The summed E-state index contributed by atoms with van der Waals surface area (Å²) in [5, 5.41) is 4.38. The molecule has 1 saturated heterocycles. The van der Waals surface area contributed by atoms with Gasteiger partial charge < -0.3 is 15.0 Å². The number of nitrogens with one attached hydrogen (secondary N) is 2. The third-order valence-corrected chi connectivity index (χ3v) is 5.14. The van der Waals surface area contributed by atoms with Crippen LogP contribution in [0.4, 0.5) is 0 Å². The van der Waals surface area contributed by atoms with E-state index in [1.165, 1.54) is 5.56 Å². The first-order chi connectivity index (χ1) is 12.1. The van der Waals surface area contributed by atoms with Crippen molar-refractivity contribution in [1.82, 2.24) is 15.2 Å². The molecule has 2 aromatic rings. The van der Waals surface area contributed by atoms with Crippen LogP contribution in [-0.4, -0.2) is 54.7 Å². The number of H-pyrrole nitrogens is 1. The Labute approximate surface area is 149 Å². The van der Waals surface area contributed by atoms with Crippen molar-refractivity contribution < 1.29 is 9.53 Å². The van der Waals surface area contributed by atoms with Gasteiger partial charge in [-0.05, 0) is 31.4 Å². The molecule has 2 heterocycles. The molecule has 5 heteroatoms. The molecule has 0 bridgehead atoms. The van der Waals surface area contributed by atoms with Gasteiger partial charge in [-0.15, -0.1) is 0 Å². The monoisotopic (exact) mass is 343 g/mol. The molecular formula is C20H29N3O2. The van der Waals surface area contributed by atoms with E-state index in [-0.39, 0.29) is 11.9 Å². The zero-order chi connectivity index (χ0) is 17.8. The van der Waals surface area contributed by atoms with Crippen molar-refractivity contribution in [1.29, 1.82) is 0 Å². The van der Waals surface area contributed by atoms with Crippen molar-refractivity contribution in [2.24, 2.45) is 0 Å². The van der Waals surface area contributed by atoms with Gasteiger partial charge in [-0.1, -0.05) is 25.1 Å². The molecule has 0 aliphatic carbocycles. The number of aromatic nitrogens is 1. The molecule has 1 atom stereocenters. The van der Waals surface area contributed by atoms with Crippen LogP contribution in [0.2, 0.25) is 0 Å². The number of amides is 1. The SMILES string of the molecule is CCC(CN1CCOCC1)NC(=O)Cc1c(C)[nH]c2c(C)cccc12. The first-order valence-electron chi connectivity index (χ1n) is 9.24. The number of nitrogens with zero attached hydrogens (tertiary/aromatic N) is 1. The lowest BCUT2D eigenvalue weighted by Crippen LogP contribution is -2.47. The lowest BCUT2D eigenvalue weighted by Gasteiger charge is -2.30. The summed E-state index contributed by atoms with van der Waals surface area (Å²) in [5.74, 6) is 0.102. The second-order valence-electron chi connectivity index (χ2n) is 6.99. The molecule has 136 valence electrons. The van der Waals surface area contributed by atoms with Gasteiger partial charge in [0.05, 0.1) is 19.6 Å². The van der Waals surface area contributed by atoms with Gasteiger partial charge in [0.2, 0.25) is 5.91 Å². The Morgan fingerprint density at radius 2 is 2.08 bits per heavy atom. The van der Waals surface area contributed by atoms with E-state index in [0.717, 1.165) is 61.4 Å². The number of para-hydroxylation sites is 1. The topological polar surface area (TPSA) is 57.4 Å². The largest absolute Gasteiger partial charge is 0.379 e. The number of carbonyl (C=O) groups is 1. The van der Waals surface area contributed by atoms with E-state index in [1.54, 1.807) is 0 Å². The Morgan fingerprint density at radius 3 is 2.80 bits per heavy atom. The highest BCUT2D eigenvalue weighted by atomic mass is 16.5. The maximum Gasteiger partial charge on any atom is 0.224 e. The summed E-state index contributed by atoms with van der Waals surface area (Å²) in [5.41, 5.74) is 4.55. The molecule has 1 amide bonds. The summed E-state index contributed by atoms with van der Waals surface area (Å²) in [7, 11) is 0. The molecule has 3 rings (SSSR count). The van der Waals surface area contributed by atoms with E-state index in [1.807, 2.05) is 6.92 Å². The predicted molar refractivity (Wildman–Crippen MR) is 101 cm³/mol. The quantitative estimate of drug-likeness (QED) is 0.847. The van der Waals surface area contributed by atoms with Gasteiger partial charge in [0.1, 0.15) is 0 Å². The number of rotatable bonds is 6. The number of fused-ring (bicyclic) bond motifs is 1. The van der Waals surface area contributed by atoms with Gasteiger partial charge in [0.25, 0.3) is 0 Å². The van der Waals surface area contributed by atoms with E-state index in [9.17, 15) is 4.79 Å². The van der Waals surface area contributed by atoms with Gasteiger partial charge in [0, 0.05) is 42.3 Å². The molecule has 1 aliphatic heterocycles. The summed E-state index contributed by atoms with van der Waals surface area (Å²) in [6.07, 6.45) is 1.37. The molecule has 0 radical (unpaired) electrons. The molecule has 1 aliphatic rings. The standard InChI is InChI=1S/C20H29N3O2/c1-4-16(13-23-8-10-25-11-9-23)22-19(24)12-18-15(3)21-20-14(2)6-5-7-17(18)20/h5-7,16,21H,4,8-13H2,1-3H3,(H,22,24). The van der Waals surface area contributed by atoms with E-state index < -0.39 is 0 Å². The average Bonchev–Trinajstić information content (AvgIpc) is 2.92. The fourth-order valence-electron chi connectivity index (χ4n) is 3.59. The summed E-state index contributed by atoms with van der Waals surface area (Å²) < 4.78 is 5.40. The Bertz CT molecular complexity index is 732. The van der Waals surface area contributed by atoms with E-state index >= 15 is 0 Å². The van der Waals surface area contributed by atoms with Crippen molar-refractivity contribution in [2.45, 2.75) is 39.7 Å². The first kappa shape index (κ1) is 18.0. The van der Waals surface area contributed by atoms with E-state index in [2.05, 4.69) is 47.2 Å². The van der Waals surface area contributed by atoms with Crippen LogP contribution in [-0.2, 0) is 16.0 Å². The summed E-state index contributed by atoms with van der Waals surface area (Å²) in [4.78, 5) is 18.4. The van der Waals surface area contributed by atoms with Crippen LogP contribution in [0.15, 0.2) is 18.2 Å². The highest BCUT2D eigenvalue weighted by Crippen LogP contribution is 2.25. The Balaban J connectivity index is 1.65. The van der Waals surface area contributed by atoms with Crippen LogP contribution in [0.1, 0.15) is 30.2 Å². The van der Waals surface area contributed by atoms with Crippen LogP contribution in [0, 0.1) is 13.8 Å². The second kappa shape index (κ2) is 8.02. The number of hydrogen-bond donors (Lipinski definition) is 2. The van der Waals surface area contributed by atoms with Gasteiger partial charge in [0.15, 0.2) is 0 Å². The Morgan fingerprint density at radius 1 is 1.32 bits per heavy atom. The van der Waals surface area contributed by atoms with Gasteiger partial charge >= 0.3 is 0 Å². The number of hydrogen-bond acceptors (Lipinski definition) is 3. The number of benzene rings is 1. The first-order valence-corrected chi connectivity index (χ1v) is 9.24. The zero-order valence-electron chi connectivity index (χ0n) is 15.5. The molecule has 2 N–H and O–H groups in total. The van der Waals surface area contributed by atoms with Crippen LogP contribution < -0.4 is 5.32 Å². The summed E-state index contributed by atoms with van der Waals surface area (Å²) in [6.45, 7) is 10.7. The Hall–Kier alpha value is -1.85. The predicted octanol–water partition coefficient (Wildman–Crippen LogP) is 2.55. The van der Waals surface area contributed by atoms with Crippen molar-refractivity contribution in [3.63, 3.8) is 0 Å². The van der Waals surface area contributed by atoms with E-state index in [4.69, 9.17) is 4.74 Å². The lowest BCUT2D eigenvalue weighted by atomic mass is 10.0. The smallest absolute Gasteiger partial charge is 0.224 e. The number of aromatic amines is 1. The van der Waals surface area contributed by atoms with Crippen LogP contribution >= 0.6 is 0 Å². The minimum atomic E-state index is 0.102. The van der Waals surface area contributed by atoms with Crippen molar-refractivity contribution in [2.75, 3.05) is 32.8 Å². The molecule has 0 spiro atoms. The highest BCUT2D eigenvalue weighted by Gasteiger charge is 2.19. The van der Waals surface area contributed by atoms with Crippen LogP contribution in [0.25, 0.3) is 10.9 Å². The minimum absolute atomic E-state index is 0.102. The second-order valence-corrected chi connectivity index (χ2v) is 6.99. The summed E-state index contributed by atoms with van der Waals surface area (Å²) >= 11 is 0. The van der Waals surface area contributed by atoms with Crippen LogP contribution in [0.5, 0.6) is 0 Å². The fraction of sp³-hybridized carbons (Fsp3) is 0.550. The molecule has 0 saturated carbocycles. The lowest BCUT2D eigenvalue weighted by molar-refractivity contribution is -0.121. The van der Waals surface area contributed by atoms with Gasteiger partial charge in [-0.25, -0.2) is 0 Å². The van der Waals surface area contributed by atoms with Gasteiger partial charge in [-0.2, -0.15) is 0 Å². The third-order valence-electron chi connectivity index (χ3n) is 5.14. The molecule has 1 aromatic carbocycles. The third kappa shape index (κ3) is 4.22. The molecule has 25 heavy (non-hydrogen) atoms. The summed E-state index contributed by atoms with van der Waals surface area (Å²) in [6, 6.07) is 6.44. The zero-order valence-corrected chi connectivity index (χ0v) is 15.5. The maximum absolute atomic E-state index is 12.6. The van der Waals surface area contributed by atoms with Gasteiger partial charge in [-0.3, -0.25) is 9.69 Å². The number of carbonyl (C=O) groups excluding carboxylic acids is 1. The Kier molecular flexibility index (Phi) is 5.76. The molecule has 1 fully saturated rings. The molecule has 1 unspecified atom stereocenters. The minimum Gasteiger partial charge on any atom is -0.379 e. The van der Waals surface area contributed by atoms with E-state index in [0.29, 0.717) is 6.42 Å².